The van der Waals surface area contributed by atoms with Crippen molar-refractivity contribution in [3.8, 4) is 17.1 Å². The van der Waals surface area contributed by atoms with Crippen LogP contribution in [0.15, 0.2) is 54.7 Å². The van der Waals surface area contributed by atoms with E-state index in [1.165, 1.54) is 32.4 Å². The van der Waals surface area contributed by atoms with Crippen molar-refractivity contribution < 1.29 is 4.79 Å². The molecule has 0 bridgehead atoms. The van der Waals surface area contributed by atoms with Gasteiger partial charge in [0, 0.05) is 30.6 Å². The van der Waals surface area contributed by atoms with Gasteiger partial charge in [-0.15, -0.1) is 5.10 Å². The van der Waals surface area contributed by atoms with Crippen LogP contribution in [-0.2, 0) is 0 Å². The van der Waals surface area contributed by atoms with Gasteiger partial charge in [0.2, 0.25) is 0 Å². The molecule has 2 aromatic carbocycles. The number of rotatable bonds is 5. The molecule has 2 saturated heterocycles. The van der Waals surface area contributed by atoms with Crippen LogP contribution in [0.2, 0.25) is 0 Å². The molecule has 0 radical (unpaired) electrons. The summed E-state index contributed by atoms with van der Waals surface area (Å²) in [4.78, 5) is 18.0. The van der Waals surface area contributed by atoms with Crippen molar-refractivity contribution >= 4 is 16.8 Å². The maximum atomic E-state index is 13.4. The van der Waals surface area contributed by atoms with E-state index in [1.54, 1.807) is 4.68 Å². The molecule has 2 fully saturated rings. The van der Waals surface area contributed by atoms with E-state index in [0.29, 0.717) is 17.2 Å². The molecule has 8 nitrogen and oxygen atoms in total. The number of para-hydroxylation sites is 1. The summed E-state index contributed by atoms with van der Waals surface area (Å²) in [6.45, 7) is 5.22. The third-order valence-electron chi connectivity index (χ3n) is 7.09. The van der Waals surface area contributed by atoms with E-state index >= 15 is 0 Å². The fourth-order valence-corrected chi connectivity index (χ4v) is 5.35. The number of likely N-dealkylation sites (tertiary alicyclic amines) is 2. The number of nitrogens with zero attached hydrogens (tertiary/aromatic N) is 6. The van der Waals surface area contributed by atoms with Crippen molar-refractivity contribution in [2.75, 3.05) is 32.7 Å². The molecule has 2 aromatic heterocycles. The van der Waals surface area contributed by atoms with Crippen molar-refractivity contribution in [3.63, 3.8) is 0 Å². The van der Waals surface area contributed by atoms with Crippen LogP contribution >= 0.6 is 0 Å². The van der Waals surface area contributed by atoms with Crippen molar-refractivity contribution in [1.29, 1.82) is 0 Å². The molecule has 34 heavy (non-hydrogen) atoms. The second-order valence-corrected chi connectivity index (χ2v) is 9.48. The highest BCUT2D eigenvalue weighted by Gasteiger charge is 2.27. The summed E-state index contributed by atoms with van der Waals surface area (Å²) in [6, 6.07) is 15.6. The van der Waals surface area contributed by atoms with Gasteiger partial charge in [-0.2, -0.15) is 5.10 Å². The molecule has 1 amide bonds. The standard InChI is InChI=1S/C26H29N7O/c34-26(32-14-6-7-19(17-32)16-31-12-3-4-13-31)20-8-5-9-21(15-20)33-18-24(28-30-33)25-22-10-1-2-11-23(22)27-29-25/h1-2,5,8-11,15,18-19H,3-4,6-7,12-14,16-17H2,(H,27,29). The molecular formula is C26H29N7O. The van der Waals surface area contributed by atoms with Crippen molar-refractivity contribution in [2.24, 2.45) is 5.92 Å². The van der Waals surface area contributed by atoms with Gasteiger partial charge in [-0.25, -0.2) is 4.68 Å². The summed E-state index contributed by atoms with van der Waals surface area (Å²) >= 11 is 0. The molecule has 1 N–H and O–H groups in total. The largest absolute Gasteiger partial charge is 0.338 e. The van der Waals surface area contributed by atoms with E-state index in [4.69, 9.17) is 0 Å². The lowest BCUT2D eigenvalue weighted by molar-refractivity contribution is 0.0648. The molecule has 4 aromatic rings. The minimum atomic E-state index is 0.103. The van der Waals surface area contributed by atoms with E-state index < -0.39 is 0 Å². The molecule has 6 rings (SSSR count). The molecule has 4 heterocycles. The van der Waals surface area contributed by atoms with Crippen molar-refractivity contribution in [1.82, 2.24) is 35.0 Å². The molecular weight excluding hydrogens is 426 g/mol. The molecule has 0 saturated carbocycles. The van der Waals surface area contributed by atoms with Gasteiger partial charge in [0.05, 0.1) is 17.4 Å². The second kappa shape index (κ2) is 9.02. The maximum absolute atomic E-state index is 13.4. The van der Waals surface area contributed by atoms with Crippen molar-refractivity contribution in [3.05, 3.63) is 60.3 Å². The highest BCUT2D eigenvalue weighted by molar-refractivity contribution is 5.95. The Hall–Kier alpha value is -3.52. The van der Waals surface area contributed by atoms with Gasteiger partial charge in [0.25, 0.3) is 5.91 Å². The molecule has 2 aliphatic heterocycles. The van der Waals surface area contributed by atoms with Crippen LogP contribution in [0.5, 0.6) is 0 Å². The van der Waals surface area contributed by atoms with Crippen LogP contribution in [0.3, 0.4) is 0 Å². The fourth-order valence-electron chi connectivity index (χ4n) is 5.35. The van der Waals surface area contributed by atoms with Crippen LogP contribution in [0, 0.1) is 5.92 Å². The van der Waals surface area contributed by atoms with Gasteiger partial charge >= 0.3 is 0 Å². The zero-order valence-corrected chi connectivity index (χ0v) is 19.2. The number of aromatic amines is 1. The normalized spacial score (nSPS) is 19.2. The Balaban J connectivity index is 1.19. The summed E-state index contributed by atoms with van der Waals surface area (Å²) < 4.78 is 1.71. The van der Waals surface area contributed by atoms with Gasteiger partial charge in [-0.3, -0.25) is 9.89 Å². The monoisotopic (exact) mass is 455 g/mol. The Kier molecular flexibility index (Phi) is 5.58. The summed E-state index contributed by atoms with van der Waals surface area (Å²) in [5.41, 5.74) is 3.93. The molecule has 2 aliphatic rings. The lowest BCUT2D eigenvalue weighted by Crippen LogP contribution is -2.43. The van der Waals surface area contributed by atoms with E-state index in [-0.39, 0.29) is 5.91 Å². The number of benzene rings is 2. The van der Waals surface area contributed by atoms with Gasteiger partial charge < -0.3 is 9.80 Å². The average molecular weight is 456 g/mol. The van der Waals surface area contributed by atoms with Crippen LogP contribution < -0.4 is 0 Å². The lowest BCUT2D eigenvalue weighted by atomic mass is 9.96. The highest BCUT2D eigenvalue weighted by Crippen LogP contribution is 2.25. The Morgan fingerprint density at radius 1 is 1.03 bits per heavy atom. The summed E-state index contributed by atoms with van der Waals surface area (Å²) in [7, 11) is 0. The van der Waals surface area contributed by atoms with Crippen LogP contribution in [0.1, 0.15) is 36.0 Å². The Labute approximate surface area is 198 Å². The number of nitrogens with one attached hydrogen (secondary N) is 1. The van der Waals surface area contributed by atoms with Crippen LogP contribution in [0.4, 0.5) is 0 Å². The number of hydrogen-bond acceptors (Lipinski definition) is 5. The first-order valence-electron chi connectivity index (χ1n) is 12.2. The number of hydrogen-bond donors (Lipinski definition) is 1. The van der Waals surface area contributed by atoms with Crippen LogP contribution in [0.25, 0.3) is 28.0 Å². The topological polar surface area (TPSA) is 82.9 Å². The summed E-state index contributed by atoms with van der Waals surface area (Å²) in [5.74, 6) is 0.673. The maximum Gasteiger partial charge on any atom is 0.253 e. The minimum absolute atomic E-state index is 0.103. The van der Waals surface area contributed by atoms with Gasteiger partial charge in [-0.05, 0) is 69.0 Å². The number of piperidine rings is 1. The average Bonchev–Trinajstić information content (AvgIpc) is 3.64. The Bertz CT molecular complexity index is 1300. The molecule has 0 spiro atoms. The lowest BCUT2D eigenvalue weighted by Gasteiger charge is -2.34. The first-order chi connectivity index (χ1) is 16.7. The minimum Gasteiger partial charge on any atom is -0.338 e. The Morgan fingerprint density at radius 2 is 1.91 bits per heavy atom. The first kappa shape index (κ1) is 21.0. The highest BCUT2D eigenvalue weighted by atomic mass is 16.2. The van der Waals surface area contributed by atoms with E-state index in [1.807, 2.05) is 59.6 Å². The SMILES string of the molecule is O=C(c1cccc(-n2cc(-c3n[nH]c4ccccc34)nn2)c1)N1CCCC(CN2CCCC2)C1. The quantitative estimate of drug-likeness (QED) is 0.496. The number of fused-ring (bicyclic) bond motifs is 1. The molecule has 0 aliphatic carbocycles. The van der Waals surface area contributed by atoms with E-state index in [0.717, 1.165) is 48.3 Å². The third-order valence-corrected chi connectivity index (χ3v) is 7.09. The number of carbonyl (C=O) groups excluding carboxylic acids is 1. The predicted octanol–water partition coefficient (Wildman–Crippen LogP) is 3.76. The number of carbonyl (C=O) groups is 1. The zero-order valence-electron chi connectivity index (χ0n) is 19.2. The molecule has 1 atom stereocenters. The Morgan fingerprint density at radius 3 is 2.82 bits per heavy atom. The number of H-pyrrole nitrogens is 1. The van der Waals surface area contributed by atoms with Gasteiger partial charge in [0.15, 0.2) is 0 Å². The predicted molar refractivity (Wildman–Crippen MR) is 131 cm³/mol. The van der Waals surface area contributed by atoms with Gasteiger partial charge in [0.1, 0.15) is 11.4 Å². The van der Waals surface area contributed by atoms with E-state index in [2.05, 4.69) is 25.4 Å². The summed E-state index contributed by atoms with van der Waals surface area (Å²) in [6.07, 6.45) is 6.77. The molecule has 8 heteroatoms. The number of aromatic nitrogens is 5. The van der Waals surface area contributed by atoms with E-state index in [9.17, 15) is 4.79 Å². The van der Waals surface area contributed by atoms with Gasteiger partial charge in [-0.1, -0.05) is 29.5 Å². The smallest absolute Gasteiger partial charge is 0.253 e. The van der Waals surface area contributed by atoms with Crippen LogP contribution in [-0.4, -0.2) is 73.6 Å². The molecule has 1 unspecified atom stereocenters. The fraction of sp³-hybridized carbons (Fsp3) is 0.385. The summed E-state index contributed by atoms with van der Waals surface area (Å²) in [5, 5.41) is 17.1. The van der Waals surface area contributed by atoms with Crippen molar-refractivity contribution in [2.45, 2.75) is 25.7 Å². The second-order valence-electron chi connectivity index (χ2n) is 9.48. The zero-order chi connectivity index (χ0) is 22.9. The molecule has 174 valence electrons. The number of amides is 1. The first-order valence-corrected chi connectivity index (χ1v) is 12.2. The third kappa shape index (κ3) is 4.09.